The molecule has 2 aromatic carbocycles. The van der Waals surface area contributed by atoms with Gasteiger partial charge < -0.3 is 15.2 Å². The van der Waals surface area contributed by atoms with Crippen LogP contribution >= 0.6 is 0 Å². The van der Waals surface area contributed by atoms with Crippen LogP contribution in [0.25, 0.3) is 0 Å². The molecule has 2 rings (SSSR count). The van der Waals surface area contributed by atoms with Gasteiger partial charge in [-0.25, -0.2) is 4.79 Å². The summed E-state index contributed by atoms with van der Waals surface area (Å²) in [5.41, 5.74) is 0.00370. The third kappa shape index (κ3) is 5.06. The van der Waals surface area contributed by atoms with E-state index in [4.69, 9.17) is 4.74 Å². The lowest BCUT2D eigenvalue weighted by atomic mass is 9.85. The summed E-state index contributed by atoms with van der Waals surface area (Å²) in [5, 5.41) is 15.1. The van der Waals surface area contributed by atoms with E-state index in [-0.39, 0.29) is 6.61 Å². The average molecular weight is 342 g/mol. The normalized spacial score (nSPS) is 12.7. The quantitative estimate of drug-likeness (QED) is 0.721. The Morgan fingerprint density at radius 3 is 1.96 bits per heavy atom. The molecule has 0 bridgehead atoms. The maximum Gasteiger partial charge on any atom is 0.411 e. The van der Waals surface area contributed by atoms with Gasteiger partial charge in [-0.05, 0) is 30.7 Å². The molecule has 6 heteroatoms. The molecular weight excluding hydrogens is 320 g/mol. The van der Waals surface area contributed by atoms with Crippen LogP contribution in [0, 0.1) is 5.41 Å². The summed E-state index contributed by atoms with van der Waals surface area (Å²) in [6, 6.07) is 17.8. The Bertz CT molecular complexity index is 685. The second-order valence-corrected chi connectivity index (χ2v) is 5.68. The van der Waals surface area contributed by atoms with Crippen LogP contribution in [0.4, 0.5) is 16.2 Å². The van der Waals surface area contributed by atoms with Crippen LogP contribution in [0.5, 0.6) is 0 Å². The number of ether oxygens (including phenoxy) is 1. The van der Waals surface area contributed by atoms with Crippen LogP contribution in [-0.2, 0) is 9.53 Å². The Morgan fingerprint density at radius 1 is 0.960 bits per heavy atom. The number of hydrogen-bond acceptors (Lipinski definition) is 4. The summed E-state index contributed by atoms with van der Waals surface area (Å²) >= 11 is 0. The van der Waals surface area contributed by atoms with Gasteiger partial charge in [-0.3, -0.25) is 10.1 Å². The van der Waals surface area contributed by atoms with E-state index in [1.54, 1.807) is 55.5 Å². The smallest absolute Gasteiger partial charge is 0.411 e. The third-order valence-electron chi connectivity index (χ3n) is 3.99. The summed E-state index contributed by atoms with van der Waals surface area (Å²) in [6.07, 6.45) is -0.356. The number of carbonyl (C=O) groups excluding carboxylic acids is 2. The highest BCUT2D eigenvalue weighted by Gasteiger charge is 2.38. The molecule has 0 fully saturated rings. The zero-order valence-corrected chi connectivity index (χ0v) is 14.1. The molecule has 2 aromatic rings. The van der Waals surface area contributed by atoms with Gasteiger partial charge in [0.25, 0.3) is 0 Å². The van der Waals surface area contributed by atoms with E-state index in [1.807, 2.05) is 12.1 Å². The molecule has 0 spiro atoms. The van der Waals surface area contributed by atoms with E-state index < -0.39 is 24.0 Å². The lowest BCUT2D eigenvalue weighted by Crippen LogP contribution is -2.43. The summed E-state index contributed by atoms with van der Waals surface area (Å²) in [6.45, 7) is 1.11. The molecule has 132 valence electrons. The van der Waals surface area contributed by atoms with Crippen molar-refractivity contribution >= 4 is 23.4 Å². The molecular formula is C19H22N2O4. The SMILES string of the molecule is CCC(CO)(COC(=O)Nc1ccccc1)C(=O)Nc1ccccc1. The average Bonchev–Trinajstić information content (AvgIpc) is 2.64. The molecule has 25 heavy (non-hydrogen) atoms. The third-order valence-corrected chi connectivity index (χ3v) is 3.99. The lowest BCUT2D eigenvalue weighted by molar-refractivity contribution is -0.130. The molecule has 6 nitrogen and oxygen atoms in total. The van der Waals surface area contributed by atoms with Gasteiger partial charge in [0.2, 0.25) is 5.91 Å². The molecule has 3 N–H and O–H groups in total. The van der Waals surface area contributed by atoms with Crippen molar-refractivity contribution in [1.82, 2.24) is 0 Å². The van der Waals surface area contributed by atoms with E-state index >= 15 is 0 Å². The van der Waals surface area contributed by atoms with Gasteiger partial charge >= 0.3 is 6.09 Å². The van der Waals surface area contributed by atoms with Crippen molar-refractivity contribution in [2.75, 3.05) is 23.8 Å². The van der Waals surface area contributed by atoms with Crippen molar-refractivity contribution in [2.24, 2.45) is 5.41 Å². The predicted molar refractivity (Wildman–Crippen MR) is 96.3 cm³/mol. The van der Waals surface area contributed by atoms with Gasteiger partial charge in [-0.1, -0.05) is 43.3 Å². The molecule has 0 aromatic heterocycles. The maximum atomic E-state index is 12.6. The fourth-order valence-electron chi connectivity index (χ4n) is 2.22. The van der Waals surface area contributed by atoms with Crippen LogP contribution in [0.3, 0.4) is 0 Å². The van der Waals surface area contributed by atoms with Crippen molar-refractivity contribution < 1.29 is 19.4 Å². The Balaban J connectivity index is 1.98. The number of nitrogens with one attached hydrogen (secondary N) is 2. The maximum absolute atomic E-state index is 12.6. The Labute approximate surface area is 146 Å². The number of anilines is 2. The molecule has 0 radical (unpaired) electrons. The van der Waals surface area contributed by atoms with Crippen molar-refractivity contribution in [3.05, 3.63) is 60.7 Å². The number of hydrogen-bond donors (Lipinski definition) is 3. The van der Waals surface area contributed by atoms with E-state index in [0.29, 0.717) is 17.8 Å². The zero-order chi connectivity index (χ0) is 18.1. The first-order chi connectivity index (χ1) is 12.1. The second kappa shape index (κ2) is 8.84. The number of amides is 2. The van der Waals surface area contributed by atoms with E-state index in [1.165, 1.54) is 0 Å². The monoisotopic (exact) mass is 342 g/mol. The van der Waals surface area contributed by atoms with Crippen molar-refractivity contribution in [1.29, 1.82) is 0 Å². The standard InChI is InChI=1S/C19H22N2O4/c1-2-19(13-22,17(23)20-15-9-5-3-6-10-15)14-25-18(24)21-16-11-7-4-8-12-16/h3-12,22H,2,13-14H2,1H3,(H,20,23)(H,21,24). The van der Waals surface area contributed by atoms with E-state index in [9.17, 15) is 14.7 Å². The van der Waals surface area contributed by atoms with Crippen LogP contribution in [0.2, 0.25) is 0 Å². The number of aliphatic hydroxyl groups excluding tert-OH is 1. The van der Waals surface area contributed by atoms with Crippen molar-refractivity contribution in [3.63, 3.8) is 0 Å². The Kier molecular flexibility index (Phi) is 6.54. The summed E-state index contributed by atoms with van der Waals surface area (Å²) in [4.78, 5) is 24.5. The molecule has 0 saturated carbocycles. The first-order valence-electron chi connectivity index (χ1n) is 8.06. The predicted octanol–water partition coefficient (Wildman–Crippen LogP) is 3.26. The number of aliphatic hydroxyl groups is 1. The van der Waals surface area contributed by atoms with E-state index in [2.05, 4.69) is 10.6 Å². The fourth-order valence-corrected chi connectivity index (χ4v) is 2.22. The van der Waals surface area contributed by atoms with Crippen LogP contribution < -0.4 is 10.6 Å². The molecule has 1 unspecified atom stereocenters. The zero-order valence-electron chi connectivity index (χ0n) is 14.1. The minimum atomic E-state index is -1.20. The van der Waals surface area contributed by atoms with Gasteiger partial charge in [0.1, 0.15) is 12.0 Å². The van der Waals surface area contributed by atoms with Gasteiger partial charge in [0.15, 0.2) is 0 Å². The van der Waals surface area contributed by atoms with Gasteiger partial charge in [-0.15, -0.1) is 0 Å². The molecule has 0 saturated heterocycles. The molecule has 0 aliphatic heterocycles. The van der Waals surface area contributed by atoms with Gasteiger partial charge in [-0.2, -0.15) is 0 Å². The Morgan fingerprint density at radius 2 is 1.48 bits per heavy atom. The summed E-state index contributed by atoms with van der Waals surface area (Å²) in [7, 11) is 0. The highest BCUT2D eigenvalue weighted by molar-refractivity contribution is 5.95. The van der Waals surface area contributed by atoms with Gasteiger partial charge in [0.05, 0.1) is 6.61 Å². The van der Waals surface area contributed by atoms with Crippen molar-refractivity contribution in [3.8, 4) is 0 Å². The minimum absolute atomic E-state index is 0.225. The van der Waals surface area contributed by atoms with Crippen molar-refractivity contribution in [2.45, 2.75) is 13.3 Å². The number of rotatable bonds is 7. The highest BCUT2D eigenvalue weighted by Crippen LogP contribution is 2.25. The Hall–Kier alpha value is -2.86. The van der Waals surface area contributed by atoms with Crippen LogP contribution in [0.15, 0.2) is 60.7 Å². The summed E-state index contributed by atoms with van der Waals surface area (Å²) < 4.78 is 5.18. The number of benzene rings is 2. The van der Waals surface area contributed by atoms with E-state index in [0.717, 1.165) is 0 Å². The minimum Gasteiger partial charge on any atom is -0.448 e. The fraction of sp³-hybridized carbons (Fsp3) is 0.263. The second-order valence-electron chi connectivity index (χ2n) is 5.68. The largest absolute Gasteiger partial charge is 0.448 e. The highest BCUT2D eigenvalue weighted by atomic mass is 16.5. The van der Waals surface area contributed by atoms with Gasteiger partial charge in [0, 0.05) is 11.4 Å². The first-order valence-corrected chi connectivity index (χ1v) is 8.06. The molecule has 0 aliphatic rings. The van der Waals surface area contributed by atoms with Crippen LogP contribution in [0.1, 0.15) is 13.3 Å². The topological polar surface area (TPSA) is 87.7 Å². The molecule has 0 aliphatic carbocycles. The molecule has 1 atom stereocenters. The van der Waals surface area contributed by atoms with Crippen LogP contribution in [-0.4, -0.2) is 30.3 Å². The summed E-state index contributed by atoms with van der Waals surface area (Å²) in [5.74, 6) is -0.392. The molecule has 2 amide bonds. The number of para-hydroxylation sites is 2. The molecule has 0 heterocycles. The number of carbonyl (C=O) groups is 2. The lowest BCUT2D eigenvalue weighted by Gasteiger charge is -2.28. The first kappa shape index (κ1) is 18.5.